The summed E-state index contributed by atoms with van der Waals surface area (Å²) in [6.45, 7) is 5.98. The Morgan fingerprint density at radius 2 is 2.05 bits per heavy atom. The molecule has 2 N–H and O–H groups in total. The van der Waals surface area contributed by atoms with E-state index in [0.29, 0.717) is 17.3 Å². The Morgan fingerprint density at radius 3 is 2.63 bits per heavy atom. The molecule has 2 aromatic rings. The number of benzene rings is 1. The fraction of sp³-hybridized carbons (Fsp3) is 0.267. The van der Waals surface area contributed by atoms with E-state index in [4.69, 9.17) is 15.7 Å². The van der Waals surface area contributed by atoms with Crippen LogP contribution in [0.25, 0.3) is 0 Å². The van der Waals surface area contributed by atoms with Crippen LogP contribution in [-0.4, -0.2) is 4.57 Å². The van der Waals surface area contributed by atoms with Gasteiger partial charge in [0.15, 0.2) is 0 Å². The highest BCUT2D eigenvalue weighted by Crippen LogP contribution is 2.33. The summed E-state index contributed by atoms with van der Waals surface area (Å²) in [5, 5.41) is 9.13. The molecule has 1 heterocycles. The van der Waals surface area contributed by atoms with Crippen LogP contribution in [0.1, 0.15) is 31.1 Å². The first-order valence-electron chi connectivity index (χ1n) is 6.18. The molecule has 0 spiro atoms. The van der Waals surface area contributed by atoms with Gasteiger partial charge >= 0.3 is 0 Å². The third-order valence-electron chi connectivity index (χ3n) is 2.85. The fourth-order valence-corrected chi connectivity index (χ4v) is 2.02. The number of nitrogen functional groups attached to an aromatic ring is 1. The number of hydrogen-bond acceptors (Lipinski definition) is 3. The SMILES string of the molecule is Cc1cccc(Oc2c(N)cc(C#N)n2C(C)C)c1. The Labute approximate surface area is 113 Å². The van der Waals surface area contributed by atoms with Crippen molar-refractivity contribution in [1.29, 1.82) is 5.26 Å². The average Bonchev–Trinajstić information content (AvgIpc) is 2.66. The summed E-state index contributed by atoms with van der Waals surface area (Å²) in [7, 11) is 0. The Kier molecular flexibility index (Phi) is 3.48. The third-order valence-corrected chi connectivity index (χ3v) is 2.85. The number of nitrogens with two attached hydrogens (primary N) is 1. The topological polar surface area (TPSA) is 64.0 Å². The number of anilines is 1. The van der Waals surface area contributed by atoms with Crippen molar-refractivity contribution in [3.8, 4) is 17.7 Å². The van der Waals surface area contributed by atoms with E-state index < -0.39 is 0 Å². The number of nitrogens with zero attached hydrogens (tertiary/aromatic N) is 2. The van der Waals surface area contributed by atoms with Gasteiger partial charge in [0.05, 0.1) is 5.69 Å². The molecule has 0 saturated heterocycles. The molecule has 4 nitrogen and oxygen atoms in total. The Bertz CT molecular complexity index is 635. The van der Waals surface area contributed by atoms with Gasteiger partial charge in [-0.2, -0.15) is 5.26 Å². The molecule has 1 aromatic heterocycles. The van der Waals surface area contributed by atoms with Crippen LogP contribution in [-0.2, 0) is 0 Å². The van der Waals surface area contributed by atoms with E-state index in [2.05, 4.69) is 6.07 Å². The molecule has 0 atom stereocenters. The van der Waals surface area contributed by atoms with Crippen LogP contribution in [0, 0.1) is 18.3 Å². The second-order valence-corrected chi connectivity index (χ2v) is 4.78. The first kappa shape index (κ1) is 13.0. The van der Waals surface area contributed by atoms with Gasteiger partial charge in [0, 0.05) is 12.1 Å². The maximum atomic E-state index is 9.13. The summed E-state index contributed by atoms with van der Waals surface area (Å²) >= 11 is 0. The lowest BCUT2D eigenvalue weighted by Gasteiger charge is -2.15. The lowest BCUT2D eigenvalue weighted by molar-refractivity contribution is 0.412. The molecule has 0 aliphatic heterocycles. The average molecular weight is 255 g/mol. The quantitative estimate of drug-likeness (QED) is 0.910. The number of rotatable bonds is 3. The minimum atomic E-state index is 0.103. The number of aromatic nitrogens is 1. The zero-order chi connectivity index (χ0) is 14.0. The highest BCUT2D eigenvalue weighted by Gasteiger charge is 2.17. The monoisotopic (exact) mass is 255 g/mol. The van der Waals surface area contributed by atoms with E-state index in [1.165, 1.54) is 0 Å². The summed E-state index contributed by atoms with van der Waals surface area (Å²) in [5.41, 5.74) is 8.04. The Hall–Kier alpha value is -2.41. The van der Waals surface area contributed by atoms with Crippen LogP contribution in [0.15, 0.2) is 30.3 Å². The highest BCUT2D eigenvalue weighted by atomic mass is 16.5. The molecule has 0 radical (unpaired) electrons. The lowest BCUT2D eigenvalue weighted by atomic mass is 10.2. The zero-order valence-corrected chi connectivity index (χ0v) is 11.3. The van der Waals surface area contributed by atoms with Crippen molar-refractivity contribution in [1.82, 2.24) is 4.57 Å². The summed E-state index contributed by atoms with van der Waals surface area (Å²) < 4.78 is 7.65. The molecule has 98 valence electrons. The molecule has 0 unspecified atom stereocenters. The van der Waals surface area contributed by atoms with Crippen LogP contribution in [0.4, 0.5) is 5.69 Å². The maximum Gasteiger partial charge on any atom is 0.224 e. The summed E-state index contributed by atoms with van der Waals surface area (Å²) in [4.78, 5) is 0. The zero-order valence-electron chi connectivity index (χ0n) is 11.3. The summed E-state index contributed by atoms with van der Waals surface area (Å²) in [6, 6.07) is 11.6. The van der Waals surface area contributed by atoms with E-state index >= 15 is 0 Å². The van der Waals surface area contributed by atoms with Gasteiger partial charge in [-0.15, -0.1) is 0 Å². The molecule has 0 fully saturated rings. The predicted octanol–water partition coefficient (Wildman–Crippen LogP) is 3.62. The van der Waals surface area contributed by atoms with E-state index in [1.54, 1.807) is 10.6 Å². The Balaban J connectivity index is 2.45. The van der Waals surface area contributed by atoms with Crippen LogP contribution in [0.2, 0.25) is 0 Å². The standard InChI is InChI=1S/C15H17N3O/c1-10(2)18-12(9-16)8-14(17)15(18)19-13-6-4-5-11(3)7-13/h4-8,10H,17H2,1-3H3. The lowest BCUT2D eigenvalue weighted by Crippen LogP contribution is -2.06. The van der Waals surface area contributed by atoms with Gasteiger partial charge in [0.25, 0.3) is 0 Å². The summed E-state index contributed by atoms with van der Waals surface area (Å²) in [6.07, 6.45) is 0. The van der Waals surface area contributed by atoms with Crippen LogP contribution >= 0.6 is 0 Å². The van der Waals surface area contributed by atoms with Gasteiger partial charge in [-0.1, -0.05) is 12.1 Å². The van der Waals surface area contributed by atoms with E-state index in [0.717, 1.165) is 11.3 Å². The third kappa shape index (κ3) is 2.55. The largest absolute Gasteiger partial charge is 0.439 e. The molecule has 2 rings (SSSR count). The number of hydrogen-bond donors (Lipinski definition) is 1. The van der Waals surface area contributed by atoms with Gasteiger partial charge in [-0.25, -0.2) is 0 Å². The first-order valence-corrected chi connectivity index (χ1v) is 6.18. The predicted molar refractivity (Wildman–Crippen MR) is 75.2 cm³/mol. The smallest absolute Gasteiger partial charge is 0.224 e. The molecule has 19 heavy (non-hydrogen) atoms. The molecule has 0 amide bonds. The van der Waals surface area contributed by atoms with Gasteiger partial charge in [0.1, 0.15) is 17.5 Å². The highest BCUT2D eigenvalue weighted by molar-refractivity contribution is 5.56. The van der Waals surface area contributed by atoms with Crippen molar-refractivity contribution in [2.75, 3.05) is 5.73 Å². The molecular weight excluding hydrogens is 238 g/mol. The molecule has 0 saturated carbocycles. The minimum absolute atomic E-state index is 0.103. The van der Waals surface area contributed by atoms with Crippen molar-refractivity contribution in [3.63, 3.8) is 0 Å². The molecule has 4 heteroatoms. The van der Waals surface area contributed by atoms with Crippen molar-refractivity contribution in [2.24, 2.45) is 0 Å². The molecule has 0 aliphatic carbocycles. The molecule has 0 aliphatic rings. The Morgan fingerprint density at radius 1 is 1.32 bits per heavy atom. The van der Waals surface area contributed by atoms with E-state index in [1.807, 2.05) is 45.0 Å². The van der Waals surface area contributed by atoms with E-state index in [9.17, 15) is 0 Å². The molecular formula is C15H17N3O. The van der Waals surface area contributed by atoms with Crippen molar-refractivity contribution in [3.05, 3.63) is 41.6 Å². The van der Waals surface area contributed by atoms with Gasteiger partial charge in [-0.3, -0.25) is 4.57 Å². The van der Waals surface area contributed by atoms with Crippen molar-refractivity contribution < 1.29 is 4.74 Å². The van der Waals surface area contributed by atoms with Crippen molar-refractivity contribution >= 4 is 5.69 Å². The van der Waals surface area contributed by atoms with Crippen LogP contribution < -0.4 is 10.5 Å². The van der Waals surface area contributed by atoms with Crippen LogP contribution in [0.3, 0.4) is 0 Å². The normalized spacial score (nSPS) is 10.5. The number of aryl methyl sites for hydroxylation is 1. The fourth-order valence-electron chi connectivity index (χ4n) is 2.02. The van der Waals surface area contributed by atoms with Gasteiger partial charge in [-0.05, 0) is 38.5 Å². The van der Waals surface area contributed by atoms with Gasteiger partial charge < -0.3 is 10.5 Å². The second-order valence-electron chi connectivity index (χ2n) is 4.78. The molecule has 0 bridgehead atoms. The van der Waals surface area contributed by atoms with Crippen molar-refractivity contribution in [2.45, 2.75) is 26.8 Å². The van der Waals surface area contributed by atoms with Gasteiger partial charge in [0.2, 0.25) is 5.88 Å². The first-order chi connectivity index (χ1) is 9.02. The second kappa shape index (κ2) is 5.07. The number of ether oxygens (including phenoxy) is 1. The van der Waals surface area contributed by atoms with E-state index in [-0.39, 0.29) is 6.04 Å². The number of nitriles is 1. The maximum absolute atomic E-state index is 9.13. The molecule has 1 aromatic carbocycles. The summed E-state index contributed by atoms with van der Waals surface area (Å²) in [5.74, 6) is 1.24. The minimum Gasteiger partial charge on any atom is -0.439 e. The van der Waals surface area contributed by atoms with Crippen LogP contribution in [0.5, 0.6) is 11.6 Å².